The van der Waals surface area contributed by atoms with Crippen molar-refractivity contribution >= 4 is 9.84 Å². The first kappa shape index (κ1) is 13.9. The van der Waals surface area contributed by atoms with E-state index in [0.29, 0.717) is 12.8 Å². The molecule has 0 unspecified atom stereocenters. The van der Waals surface area contributed by atoms with Crippen molar-refractivity contribution in [3.63, 3.8) is 0 Å². The topological polar surface area (TPSA) is 107 Å². The van der Waals surface area contributed by atoms with Crippen LogP contribution in [-0.2, 0) is 9.84 Å². The van der Waals surface area contributed by atoms with E-state index in [1.54, 1.807) is 0 Å². The van der Waals surface area contributed by atoms with E-state index < -0.39 is 15.4 Å². The first-order valence-corrected chi connectivity index (χ1v) is 7.10. The Labute approximate surface area is 95.2 Å². The number of rotatable bonds is 5. The maximum Gasteiger partial charge on any atom is 0.150 e. The Bertz CT molecular complexity index is 290. The zero-order valence-corrected chi connectivity index (χ0v) is 9.91. The molecule has 6 nitrogen and oxygen atoms in total. The van der Waals surface area contributed by atoms with Crippen molar-refractivity contribution in [1.82, 2.24) is 5.32 Å². The molecule has 0 spiro atoms. The fourth-order valence-electron chi connectivity index (χ4n) is 1.75. The molecule has 1 aliphatic heterocycles. The van der Waals surface area contributed by atoms with Crippen LogP contribution in [0, 0.1) is 0 Å². The molecule has 1 heterocycles. The summed E-state index contributed by atoms with van der Waals surface area (Å²) in [5, 5.41) is 30.3. The van der Waals surface area contributed by atoms with E-state index in [1.165, 1.54) is 0 Å². The third-order valence-electron chi connectivity index (χ3n) is 2.97. The highest BCUT2D eigenvalue weighted by Gasteiger charge is 2.33. The Morgan fingerprint density at radius 2 is 1.50 bits per heavy atom. The van der Waals surface area contributed by atoms with Gasteiger partial charge in [-0.15, -0.1) is 0 Å². The van der Waals surface area contributed by atoms with Crippen LogP contribution in [0.4, 0.5) is 0 Å². The van der Waals surface area contributed by atoms with E-state index in [1.807, 2.05) is 0 Å². The minimum absolute atomic E-state index is 0.0880. The molecule has 96 valence electrons. The molecule has 0 aromatic carbocycles. The van der Waals surface area contributed by atoms with Crippen LogP contribution >= 0.6 is 0 Å². The highest BCUT2D eigenvalue weighted by molar-refractivity contribution is 7.91. The van der Waals surface area contributed by atoms with Gasteiger partial charge >= 0.3 is 0 Å². The Kier molecular flexibility index (Phi) is 4.69. The van der Waals surface area contributed by atoms with Crippen molar-refractivity contribution in [2.45, 2.75) is 24.4 Å². The number of aliphatic hydroxyl groups excluding tert-OH is 3. The molecule has 7 heteroatoms. The molecule has 0 saturated carbocycles. The Morgan fingerprint density at radius 1 is 1.06 bits per heavy atom. The van der Waals surface area contributed by atoms with Crippen molar-refractivity contribution in [3.8, 4) is 0 Å². The lowest BCUT2D eigenvalue weighted by atomic mass is 10.00. The lowest BCUT2D eigenvalue weighted by Crippen LogP contribution is -2.59. The second kappa shape index (κ2) is 5.42. The summed E-state index contributed by atoms with van der Waals surface area (Å²) in [6.07, 6.45) is 0.897. The summed E-state index contributed by atoms with van der Waals surface area (Å²) >= 11 is 0. The van der Waals surface area contributed by atoms with Crippen molar-refractivity contribution in [2.75, 3.05) is 31.3 Å². The summed E-state index contributed by atoms with van der Waals surface area (Å²) in [5.74, 6) is 0.228. The molecule has 0 radical (unpaired) electrons. The molecule has 1 aliphatic rings. The summed E-state index contributed by atoms with van der Waals surface area (Å²) in [7, 11) is -2.92. The van der Waals surface area contributed by atoms with Crippen LogP contribution in [0.1, 0.15) is 12.8 Å². The molecular formula is C9H19NO5S. The van der Waals surface area contributed by atoms with E-state index in [-0.39, 0.29) is 37.4 Å². The van der Waals surface area contributed by atoms with Gasteiger partial charge in [-0.2, -0.15) is 0 Å². The molecule has 0 atom stereocenters. The summed E-state index contributed by atoms with van der Waals surface area (Å²) in [6.45, 7) is -1.16. The van der Waals surface area contributed by atoms with Gasteiger partial charge in [0, 0.05) is 6.04 Å². The fourth-order valence-corrected chi connectivity index (χ4v) is 3.25. The third kappa shape index (κ3) is 3.39. The normalized spacial score (nSPS) is 22.2. The van der Waals surface area contributed by atoms with Gasteiger partial charge in [0.1, 0.15) is 9.84 Å². The summed E-state index contributed by atoms with van der Waals surface area (Å²) in [4.78, 5) is 0. The van der Waals surface area contributed by atoms with Crippen LogP contribution < -0.4 is 5.32 Å². The minimum Gasteiger partial charge on any atom is -0.394 e. The van der Waals surface area contributed by atoms with Gasteiger partial charge in [0.05, 0.1) is 36.9 Å². The van der Waals surface area contributed by atoms with E-state index >= 15 is 0 Å². The van der Waals surface area contributed by atoms with Gasteiger partial charge in [0.15, 0.2) is 0 Å². The number of hydrogen-bond donors (Lipinski definition) is 4. The Balaban J connectivity index is 2.55. The average molecular weight is 253 g/mol. The predicted octanol–water partition coefficient (Wildman–Crippen LogP) is -2.13. The fraction of sp³-hybridized carbons (Fsp3) is 1.00. The summed E-state index contributed by atoms with van der Waals surface area (Å²) in [5.41, 5.74) is -1.12. The van der Waals surface area contributed by atoms with Crippen LogP contribution in [-0.4, -0.2) is 66.6 Å². The molecule has 4 N–H and O–H groups in total. The lowest BCUT2D eigenvalue weighted by Gasteiger charge is -2.35. The quantitative estimate of drug-likeness (QED) is 0.446. The molecule has 0 aromatic heterocycles. The SMILES string of the molecule is O=S1(=O)CCC(NC(CO)(CO)CO)CC1. The molecule has 0 bridgehead atoms. The van der Waals surface area contributed by atoms with Gasteiger partial charge in [-0.1, -0.05) is 0 Å². The average Bonchev–Trinajstić information content (AvgIpc) is 2.29. The zero-order valence-electron chi connectivity index (χ0n) is 9.09. The largest absolute Gasteiger partial charge is 0.394 e. The molecule has 1 saturated heterocycles. The van der Waals surface area contributed by atoms with Gasteiger partial charge in [-0.05, 0) is 12.8 Å². The smallest absolute Gasteiger partial charge is 0.150 e. The Morgan fingerprint density at radius 3 is 1.88 bits per heavy atom. The monoisotopic (exact) mass is 253 g/mol. The molecule has 1 fully saturated rings. The van der Waals surface area contributed by atoms with Crippen LogP contribution in [0.15, 0.2) is 0 Å². The number of sulfone groups is 1. The maximum absolute atomic E-state index is 11.2. The van der Waals surface area contributed by atoms with Crippen LogP contribution in [0.25, 0.3) is 0 Å². The van der Waals surface area contributed by atoms with Crippen LogP contribution in [0.5, 0.6) is 0 Å². The van der Waals surface area contributed by atoms with E-state index in [9.17, 15) is 8.42 Å². The van der Waals surface area contributed by atoms with Gasteiger partial charge in [-0.25, -0.2) is 8.42 Å². The van der Waals surface area contributed by atoms with Crippen molar-refractivity contribution < 1.29 is 23.7 Å². The molecule has 0 aromatic rings. The third-order valence-corrected chi connectivity index (χ3v) is 4.69. The minimum atomic E-state index is -2.92. The van der Waals surface area contributed by atoms with E-state index in [2.05, 4.69) is 5.32 Å². The van der Waals surface area contributed by atoms with Crippen molar-refractivity contribution in [2.24, 2.45) is 0 Å². The highest BCUT2D eigenvalue weighted by Crippen LogP contribution is 2.15. The van der Waals surface area contributed by atoms with Crippen LogP contribution in [0.2, 0.25) is 0 Å². The van der Waals surface area contributed by atoms with Crippen molar-refractivity contribution in [1.29, 1.82) is 0 Å². The molecule has 1 rings (SSSR count). The second-order valence-electron chi connectivity index (χ2n) is 4.33. The van der Waals surface area contributed by atoms with Gasteiger partial charge in [0.25, 0.3) is 0 Å². The molecule has 16 heavy (non-hydrogen) atoms. The highest BCUT2D eigenvalue weighted by atomic mass is 32.2. The molecule has 0 amide bonds. The number of hydrogen-bond acceptors (Lipinski definition) is 6. The van der Waals surface area contributed by atoms with E-state index in [4.69, 9.17) is 15.3 Å². The van der Waals surface area contributed by atoms with Gasteiger partial charge in [-0.3, -0.25) is 0 Å². The number of nitrogens with one attached hydrogen (secondary N) is 1. The summed E-state index contributed by atoms with van der Waals surface area (Å²) < 4.78 is 22.4. The van der Waals surface area contributed by atoms with Crippen LogP contribution in [0.3, 0.4) is 0 Å². The lowest BCUT2D eigenvalue weighted by molar-refractivity contribution is 0.0332. The predicted molar refractivity (Wildman–Crippen MR) is 58.8 cm³/mol. The standard InChI is InChI=1S/C9H19NO5S/c11-5-9(6-12,7-13)10-8-1-3-16(14,15)4-2-8/h8,10-13H,1-7H2. The Hall–Kier alpha value is -0.210. The number of aliphatic hydroxyl groups is 3. The molecule has 0 aliphatic carbocycles. The summed E-state index contributed by atoms with van der Waals surface area (Å²) in [6, 6.07) is -0.0880. The van der Waals surface area contributed by atoms with Gasteiger partial charge in [0.2, 0.25) is 0 Å². The maximum atomic E-state index is 11.2. The second-order valence-corrected chi connectivity index (χ2v) is 6.63. The molecular weight excluding hydrogens is 234 g/mol. The van der Waals surface area contributed by atoms with Crippen molar-refractivity contribution in [3.05, 3.63) is 0 Å². The van der Waals surface area contributed by atoms with Gasteiger partial charge < -0.3 is 20.6 Å². The van der Waals surface area contributed by atoms with E-state index in [0.717, 1.165) is 0 Å². The first-order valence-electron chi connectivity index (χ1n) is 5.28. The first-order chi connectivity index (χ1) is 7.47. The zero-order chi connectivity index (χ0) is 12.2.